The maximum absolute atomic E-state index is 11.1. The predicted molar refractivity (Wildman–Crippen MR) is 54.2 cm³/mol. The second-order valence-corrected chi connectivity index (χ2v) is 4.47. The van der Waals surface area contributed by atoms with Gasteiger partial charge in [0.15, 0.2) is 0 Å². The molecular weight excluding hydrogens is 254 g/mol. The predicted octanol–water partition coefficient (Wildman–Crippen LogP) is 0.794. The smallest absolute Gasteiger partial charge is 0.408 e. The van der Waals surface area contributed by atoms with Gasteiger partial charge in [-0.15, -0.1) is 0 Å². The molecule has 2 N–H and O–H groups in total. The fraction of sp³-hybridized carbons (Fsp3) is 0.750. The van der Waals surface area contributed by atoms with E-state index in [9.17, 15) is 9.59 Å². The number of rotatable bonds is 3. The number of amides is 1. The van der Waals surface area contributed by atoms with Gasteiger partial charge < -0.3 is 15.2 Å². The van der Waals surface area contributed by atoms with Crippen LogP contribution in [0.1, 0.15) is 20.8 Å². The highest BCUT2D eigenvalue weighted by molar-refractivity contribution is 9.18. The number of hydrogen-bond donors (Lipinski definition) is 2. The molecule has 0 radical (unpaired) electrons. The molecule has 1 atom stereocenters. The first-order valence-electron chi connectivity index (χ1n) is 4.06. The van der Waals surface area contributed by atoms with Gasteiger partial charge in [0.05, 0.1) is 6.61 Å². The molecule has 0 saturated heterocycles. The van der Waals surface area contributed by atoms with Gasteiger partial charge in [-0.1, -0.05) is 0 Å². The van der Waals surface area contributed by atoms with Gasteiger partial charge in [0.25, 0.3) is 0 Å². The van der Waals surface area contributed by atoms with E-state index >= 15 is 0 Å². The van der Waals surface area contributed by atoms with Crippen LogP contribution in [-0.4, -0.2) is 34.1 Å². The van der Waals surface area contributed by atoms with Gasteiger partial charge in [0.1, 0.15) is 11.6 Å². The Balaban J connectivity index is 4.11. The number of hydrogen-bond acceptors (Lipinski definition) is 4. The number of carbonyl (C=O) groups is 2. The van der Waals surface area contributed by atoms with Gasteiger partial charge in [0.2, 0.25) is 4.69 Å². The van der Waals surface area contributed by atoms with Crippen molar-refractivity contribution in [3.05, 3.63) is 0 Å². The molecular formula is C8H14BrNO4. The Morgan fingerprint density at radius 3 is 2.29 bits per heavy atom. The van der Waals surface area contributed by atoms with E-state index in [1.165, 1.54) is 0 Å². The van der Waals surface area contributed by atoms with E-state index in [0.717, 1.165) is 0 Å². The third-order valence-corrected chi connectivity index (χ3v) is 1.70. The fourth-order valence-electron chi connectivity index (χ4n) is 0.624. The minimum absolute atomic E-state index is 0.469. The van der Waals surface area contributed by atoms with Gasteiger partial charge in [-0.05, 0) is 36.7 Å². The van der Waals surface area contributed by atoms with Crippen LogP contribution >= 0.6 is 15.9 Å². The van der Waals surface area contributed by atoms with Crippen LogP contribution in [0.25, 0.3) is 0 Å². The van der Waals surface area contributed by atoms with Gasteiger partial charge >= 0.3 is 6.09 Å². The number of alkyl carbamates (subject to hydrolysis) is 1. The van der Waals surface area contributed by atoms with Gasteiger partial charge in [0, 0.05) is 0 Å². The molecule has 1 unspecified atom stereocenters. The minimum Gasteiger partial charge on any atom is -0.444 e. The summed E-state index contributed by atoms with van der Waals surface area (Å²) < 4.78 is 4.39. The zero-order chi connectivity index (χ0) is 11.4. The largest absolute Gasteiger partial charge is 0.444 e. The molecule has 0 bridgehead atoms. The van der Waals surface area contributed by atoms with Crippen LogP contribution in [-0.2, 0) is 9.53 Å². The highest BCUT2D eigenvalue weighted by atomic mass is 79.9. The highest BCUT2D eigenvalue weighted by Crippen LogP contribution is 2.07. The molecule has 0 aromatic carbocycles. The summed E-state index contributed by atoms with van der Waals surface area (Å²) in [6.45, 7) is 4.65. The summed E-state index contributed by atoms with van der Waals surface area (Å²) in [5.41, 5.74) is -0.626. The topological polar surface area (TPSA) is 75.6 Å². The molecule has 5 nitrogen and oxygen atoms in total. The van der Waals surface area contributed by atoms with Gasteiger partial charge in [-0.3, -0.25) is 4.79 Å². The van der Waals surface area contributed by atoms with E-state index in [0.29, 0.717) is 0 Å². The van der Waals surface area contributed by atoms with Crippen molar-refractivity contribution in [2.45, 2.75) is 32.4 Å². The lowest BCUT2D eigenvalue weighted by atomic mass is 10.2. The molecule has 0 rings (SSSR count). The molecule has 0 fully saturated rings. The maximum atomic E-state index is 11.1. The third-order valence-electron chi connectivity index (χ3n) is 1.15. The number of halogens is 1. The van der Waals surface area contributed by atoms with Crippen molar-refractivity contribution in [2.24, 2.45) is 0 Å². The Morgan fingerprint density at radius 2 is 2.00 bits per heavy atom. The molecule has 1 amide bonds. The summed E-state index contributed by atoms with van der Waals surface area (Å²) >= 11 is 2.64. The molecule has 0 saturated carbocycles. The van der Waals surface area contributed by atoms with Crippen LogP contribution in [0.5, 0.6) is 0 Å². The lowest BCUT2D eigenvalue weighted by Crippen LogP contribution is -2.43. The maximum Gasteiger partial charge on any atom is 0.408 e. The lowest BCUT2D eigenvalue weighted by molar-refractivity contribution is -0.113. The minimum atomic E-state index is -0.968. The molecule has 0 aromatic heterocycles. The molecule has 14 heavy (non-hydrogen) atoms. The van der Waals surface area contributed by atoms with E-state index in [1.54, 1.807) is 20.8 Å². The van der Waals surface area contributed by atoms with Crippen molar-refractivity contribution in [1.82, 2.24) is 5.32 Å². The number of ether oxygens (including phenoxy) is 1. The zero-order valence-electron chi connectivity index (χ0n) is 8.33. The van der Waals surface area contributed by atoms with Crippen LogP contribution in [0, 0.1) is 0 Å². The van der Waals surface area contributed by atoms with E-state index in [1.807, 2.05) is 0 Å². The summed E-state index contributed by atoms with van der Waals surface area (Å²) in [5, 5.41) is 10.9. The van der Waals surface area contributed by atoms with E-state index in [2.05, 4.69) is 21.2 Å². The first-order chi connectivity index (χ1) is 6.26. The summed E-state index contributed by atoms with van der Waals surface area (Å²) in [7, 11) is 0. The molecule has 0 heterocycles. The number of carbonyl (C=O) groups excluding carboxylic acids is 2. The third kappa shape index (κ3) is 5.93. The van der Waals surface area contributed by atoms with Crippen molar-refractivity contribution in [2.75, 3.05) is 6.61 Å². The van der Waals surface area contributed by atoms with Gasteiger partial charge in [-0.25, -0.2) is 4.79 Å². The molecule has 0 aliphatic heterocycles. The highest BCUT2D eigenvalue weighted by Gasteiger charge is 2.21. The van der Waals surface area contributed by atoms with Crippen LogP contribution in [0.3, 0.4) is 0 Å². The quantitative estimate of drug-likeness (QED) is 0.742. The lowest BCUT2D eigenvalue weighted by Gasteiger charge is -2.21. The first kappa shape index (κ1) is 13.4. The fourth-order valence-corrected chi connectivity index (χ4v) is 0.883. The molecule has 0 aliphatic carbocycles. The summed E-state index contributed by atoms with van der Waals surface area (Å²) in [4.78, 5) is 21.9. The Hall–Kier alpha value is -0.620. The van der Waals surface area contributed by atoms with Crippen molar-refractivity contribution in [3.63, 3.8) is 0 Å². The van der Waals surface area contributed by atoms with Gasteiger partial charge in [-0.2, -0.15) is 0 Å². The molecule has 0 spiro atoms. The normalized spacial score (nSPS) is 13.2. The van der Waals surface area contributed by atoms with Crippen molar-refractivity contribution < 1.29 is 19.4 Å². The SMILES string of the molecule is CC(C)(C)OC(=O)NC(CO)C(=O)Br. The average molecular weight is 268 g/mol. The average Bonchev–Trinajstić information content (AvgIpc) is 1.96. The Morgan fingerprint density at radius 1 is 1.50 bits per heavy atom. The van der Waals surface area contributed by atoms with Crippen molar-refractivity contribution in [1.29, 1.82) is 0 Å². The van der Waals surface area contributed by atoms with E-state index in [-0.39, 0.29) is 0 Å². The molecule has 0 aromatic rings. The van der Waals surface area contributed by atoms with Crippen LogP contribution in [0.2, 0.25) is 0 Å². The monoisotopic (exact) mass is 267 g/mol. The number of nitrogens with one attached hydrogen (secondary N) is 1. The number of aliphatic hydroxyl groups excluding tert-OH is 1. The first-order valence-corrected chi connectivity index (χ1v) is 4.85. The summed E-state index contributed by atoms with van der Waals surface area (Å²) in [5.74, 6) is 0. The summed E-state index contributed by atoms with van der Waals surface area (Å²) in [6, 6.07) is -0.968. The van der Waals surface area contributed by atoms with Crippen molar-refractivity contribution >= 4 is 26.7 Å². The second-order valence-electron chi connectivity index (χ2n) is 3.69. The molecule has 0 aliphatic rings. The van der Waals surface area contributed by atoms with E-state index < -0.39 is 29.0 Å². The summed E-state index contributed by atoms with van der Waals surface area (Å²) in [6.07, 6.45) is -0.732. The zero-order valence-corrected chi connectivity index (χ0v) is 9.92. The van der Waals surface area contributed by atoms with Crippen LogP contribution < -0.4 is 5.32 Å². The van der Waals surface area contributed by atoms with Crippen molar-refractivity contribution in [3.8, 4) is 0 Å². The van der Waals surface area contributed by atoms with Crippen LogP contribution in [0.15, 0.2) is 0 Å². The number of aliphatic hydroxyl groups is 1. The molecule has 82 valence electrons. The standard InChI is InChI=1S/C8H14BrNO4/c1-8(2,3)14-7(13)10-5(4-11)6(9)12/h5,11H,4H2,1-3H3,(H,10,13). The van der Waals surface area contributed by atoms with Crippen LogP contribution in [0.4, 0.5) is 4.79 Å². The van der Waals surface area contributed by atoms with E-state index in [4.69, 9.17) is 9.84 Å². The Labute approximate surface area is 90.9 Å². The second kappa shape index (κ2) is 5.31. The Bertz CT molecular complexity index is 224. The molecule has 6 heteroatoms. The Kier molecular flexibility index (Phi) is 5.07.